The van der Waals surface area contributed by atoms with E-state index in [-0.39, 0.29) is 25.0 Å². The molecule has 0 fully saturated rings. The standard InChI is InChI=1S/C14H19F2NO/c1-11(18)13(17-2)8-9-14(15,16)10-12-6-4-3-5-7-12/h3-7,13,17H,8-10H2,1-2H3/t13-/m0/s1. The Balaban J connectivity index is 2.52. The molecule has 0 aliphatic carbocycles. The number of ketones is 1. The molecule has 1 aromatic carbocycles. The molecule has 0 aliphatic rings. The van der Waals surface area contributed by atoms with Crippen LogP contribution in [-0.2, 0) is 11.2 Å². The summed E-state index contributed by atoms with van der Waals surface area (Å²) in [6.07, 6.45) is -0.402. The molecule has 0 spiro atoms. The third-order valence-electron chi connectivity index (χ3n) is 2.94. The Morgan fingerprint density at radius 2 is 1.94 bits per heavy atom. The van der Waals surface area contributed by atoms with Crippen LogP contribution in [0.3, 0.4) is 0 Å². The summed E-state index contributed by atoms with van der Waals surface area (Å²) < 4.78 is 27.5. The molecule has 0 aromatic heterocycles. The summed E-state index contributed by atoms with van der Waals surface area (Å²) in [6.45, 7) is 1.41. The van der Waals surface area contributed by atoms with Crippen molar-refractivity contribution in [2.45, 2.75) is 38.2 Å². The second-order valence-corrected chi connectivity index (χ2v) is 4.51. The van der Waals surface area contributed by atoms with Gasteiger partial charge in [0.15, 0.2) is 0 Å². The van der Waals surface area contributed by atoms with Crippen molar-refractivity contribution < 1.29 is 13.6 Å². The number of carbonyl (C=O) groups is 1. The number of likely N-dealkylation sites (N-methyl/N-ethyl adjacent to an activating group) is 1. The Labute approximate surface area is 106 Å². The Kier molecular flexibility index (Phi) is 5.41. The molecule has 1 atom stereocenters. The zero-order chi connectivity index (χ0) is 13.6. The number of hydrogen-bond donors (Lipinski definition) is 1. The molecule has 1 aromatic rings. The first kappa shape index (κ1) is 14.8. The van der Waals surface area contributed by atoms with Gasteiger partial charge in [-0.25, -0.2) is 8.78 Å². The molecule has 100 valence electrons. The monoisotopic (exact) mass is 255 g/mol. The zero-order valence-electron chi connectivity index (χ0n) is 10.7. The first-order valence-electron chi connectivity index (χ1n) is 6.04. The number of carbonyl (C=O) groups excluding carboxylic acids is 1. The fourth-order valence-electron chi connectivity index (χ4n) is 1.89. The average Bonchev–Trinajstić information content (AvgIpc) is 2.29. The van der Waals surface area contributed by atoms with E-state index in [1.54, 1.807) is 37.4 Å². The van der Waals surface area contributed by atoms with Gasteiger partial charge in [0.1, 0.15) is 5.78 Å². The van der Waals surface area contributed by atoms with Crippen molar-refractivity contribution >= 4 is 5.78 Å². The maximum Gasteiger partial charge on any atom is 0.252 e. The van der Waals surface area contributed by atoms with Crippen molar-refractivity contribution in [1.82, 2.24) is 5.32 Å². The molecule has 4 heteroatoms. The third kappa shape index (κ3) is 4.92. The minimum atomic E-state index is -2.77. The van der Waals surface area contributed by atoms with Crippen LogP contribution in [0.2, 0.25) is 0 Å². The molecule has 1 N–H and O–H groups in total. The molecule has 0 radical (unpaired) electrons. The van der Waals surface area contributed by atoms with Crippen LogP contribution in [0.5, 0.6) is 0 Å². The van der Waals surface area contributed by atoms with Crippen LogP contribution in [-0.4, -0.2) is 24.8 Å². The maximum absolute atomic E-state index is 13.7. The Morgan fingerprint density at radius 1 is 1.33 bits per heavy atom. The van der Waals surface area contributed by atoms with Gasteiger partial charge in [-0.2, -0.15) is 0 Å². The van der Waals surface area contributed by atoms with Crippen LogP contribution in [0, 0.1) is 0 Å². The number of hydrogen-bond acceptors (Lipinski definition) is 2. The topological polar surface area (TPSA) is 29.1 Å². The lowest BCUT2D eigenvalue weighted by molar-refractivity contribution is -0.119. The molecule has 0 amide bonds. The van der Waals surface area contributed by atoms with Crippen molar-refractivity contribution in [1.29, 1.82) is 0 Å². The van der Waals surface area contributed by atoms with Crippen molar-refractivity contribution in [3.05, 3.63) is 35.9 Å². The summed E-state index contributed by atoms with van der Waals surface area (Å²) in [5.74, 6) is -2.88. The van der Waals surface area contributed by atoms with E-state index in [4.69, 9.17) is 0 Å². The van der Waals surface area contributed by atoms with Crippen molar-refractivity contribution in [3.8, 4) is 0 Å². The van der Waals surface area contributed by atoms with Gasteiger partial charge in [-0.3, -0.25) is 4.79 Å². The van der Waals surface area contributed by atoms with Crippen molar-refractivity contribution in [2.24, 2.45) is 0 Å². The Morgan fingerprint density at radius 3 is 2.44 bits per heavy atom. The van der Waals surface area contributed by atoms with Crippen molar-refractivity contribution in [3.63, 3.8) is 0 Å². The van der Waals surface area contributed by atoms with Crippen LogP contribution < -0.4 is 5.32 Å². The lowest BCUT2D eigenvalue weighted by Crippen LogP contribution is -2.34. The Hall–Kier alpha value is -1.29. The van der Waals surface area contributed by atoms with E-state index in [0.29, 0.717) is 5.56 Å². The van der Waals surface area contributed by atoms with Gasteiger partial charge < -0.3 is 5.32 Å². The van der Waals surface area contributed by atoms with Crippen LogP contribution in [0.4, 0.5) is 8.78 Å². The van der Waals surface area contributed by atoms with Gasteiger partial charge in [0.25, 0.3) is 5.92 Å². The van der Waals surface area contributed by atoms with Gasteiger partial charge in [-0.1, -0.05) is 30.3 Å². The average molecular weight is 255 g/mol. The zero-order valence-corrected chi connectivity index (χ0v) is 10.7. The number of rotatable bonds is 7. The Bertz CT molecular complexity index is 379. The molecule has 2 nitrogen and oxygen atoms in total. The fraction of sp³-hybridized carbons (Fsp3) is 0.500. The highest BCUT2D eigenvalue weighted by Crippen LogP contribution is 2.26. The van der Waals surface area contributed by atoms with E-state index in [1.165, 1.54) is 6.92 Å². The molecular weight excluding hydrogens is 236 g/mol. The molecule has 1 rings (SSSR count). The molecule has 0 unspecified atom stereocenters. The lowest BCUT2D eigenvalue weighted by atomic mass is 9.99. The second-order valence-electron chi connectivity index (χ2n) is 4.51. The molecule has 0 aliphatic heterocycles. The minimum absolute atomic E-state index is 0.104. The normalized spacial score (nSPS) is 13.3. The van der Waals surface area contributed by atoms with Gasteiger partial charge >= 0.3 is 0 Å². The summed E-state index contributed by atoms with van der Waals surface area (Å²) in [4.78, 5) is 11.1. The minimum Gasteiger partial charge on any atom is -0.311 e. The molecule has 0 saturated carbocycles. The quantitative estimate of drug-likeness (QED) is 0.811. The summed E-state index contributed by atoms with van der Waals surface area (Å²) in [5, 5.41) is 2.76. The van der Waals surface area contributed by atoms with Gasteiger partial charge in [0.2, 0.25) is 0 Å². The number of alkyl halides is 2. The van der Waals surface area contributed by atoms with E-state index in [1.807, 2.05) is 0 Å². The fourth-order valence-corrected chi connectivity index (χ4v) is 1.89. The highest BCUT2D eigenvalue weighted by Gasteiger charge is 2.30. The molecule has 0 saturated heterocycles. The van der Waals surface area contributed by atoms with Crippen LogP contribution in [0.1, 0.15) is 25.3 Å². The van der Waals surface area contributed by atoms with E-state index < -0.39 is 12.0 Å². The number of nitrogens with one attached hydrogen (secondary N) is 1. The maximum atomic E-state index is 13.7. The molecule has 0 heterocycles. The third-order valence-corrected chi connectivity index (χ3v) is 2.94. The number of Topliss-reactive ketones (excluding diaryl/α,β-unsaturated/α-hetero) is 1. The van der Waals surface area contributed by atoms with Crippen LogP contribution in [0.25, 0.3) is 0 Å². The van der Waals surface area contributed by atoms with E-state index >= 15 is 0 Å². The number of benzene rings is 1. The van der Waals surface area contributed by atoms with E-state index in [2.05, 4.69) is 5.32 Å². The highest BCUT2D eigenvalue weighted by atomic mass is 19.3. The summed E-state index contributed by atoms with van der Waals surface area (Å²) >= 11 is 0. The van der Waals surface area contributed by atoms with Crippen molar-refractivity contribution in [2.75, 3.05) is 7.05 Å². The molecular formula is C14H19F2NO. The van der Waals surface area contributed by atoms with Gasteiger partial charge in [-0.05, 0) is 26.0 Å². The highest BCUT2D eigenvalue weighted by molar-refractivity contribution is 5.81. The van der Waals surface area contributed by atoms with E-state index in [0.717, 1.165) is 0 Å². The largest absolute Gasteiger partial charge is 0.311 e. The van der Waals surface area contributed by atoms with E-state index in [9.17, 15) is 13.6 Å². The smallest absolute Gasteiger partial charge is 0.252 e. The lowest BCUT2D eigenvalue weighted by Gasteiger charge is -2.19. The first-order chi connectivity index (χ1) is 8.44. The predicted octanol–water partition coefficient (Wildman–Crippen LogP) is 2.82. The first-order valence-corrected chi connectivity index (χ1v) is 6.04. The SMILES string of the molecule is CN[C@@H](CCC(F)(F)Cc1ccccc1)C(C)=O. The summed E-state index contributed by atoms with van der Waals surface area (Å²) in [6, 6.07) is 8.19. The van der Waals surface area contributed by atoms with Gasteiger partial charge in [0, 0.05) is 12.8 Å². The number of halogens is 2. The van der Waals surface area contributed by atoms with Gasteiger partial charge in [0.05, 0.1) is 6.04 Å². The predicted molar refractivity (Wildman–Crippen MR) is 67.9 cm³/mol. The molecule has 0 bridgehead atoms. The van der Waals surface area contributed by atoms with Gasteiger partial charge in [-0.15, -0.1) is 0 Å². The second kappa shape index (κ2) is 6.59. The molecule has 18 heavy (non-hydrogen) atoms. The van der Waals surface area contributed by atoms with Crippen LogP contribution >= 0.6 is 0 Å². The van der Waals surface area contributed by atoms with Crippen LogP contribution in [0.15, 0.2) is 30.3 Å². The summed E-state index contributed by atoms with van der Waals surface area (Å²) in [7, 11) is 1.61. The summed E-state index contributed by atoms with van der Waals surface area (Å²) in [5.41, 5.74) is 0.617.